The smallest absolute Gasteiger partial charge is 0.276 e. The molecule has 0 saturated heterocycles. The molecule has 0 aliphatic heterocycles. The van der Waals surface area contributed by atoms with E-state index in [-0.39, 0.29) is 17.2 Å². The van der Waals surface area contributed by atoms with Crippen molar-refractivity contribution >= 4 is 39.2 Å². The first kappa shape index (κ1) is 19.1. The molecule has 5 nitrogen and oxygen atoms in total. The number of thioether (sulfide) groups is 1. The fraction of sp³-hybridized carbons (Fsp3) is 0.150. The summed E-state index contributed by atoms with van der Waals surface area (Å²) < 4.78 is 2.18. The predicted molar refractivity (Wildman–Crippen MR) is 113 cm³/mol. The van der Waals surface area contributed by atoms with E-state index in [9.17, 15) is 9.59 Å². The Morgan fingerprint density at radius 1 is 1.19 bits per heavy atom. The fourth-order valence-corrected chi connectivity index (χ4v) is 4.28. The molecule has 3 rings (SSSR count). The zero-order chi connectivity index (χ0) is 19.2. The molecular formula is C20H19N3O2S2. The van der Waals surface area contributed by atoms with Crippen molar-refractivity contribution in [3.63, 3.8) is 0 Å². The average molecular weight is 398 g/mol. The van der Waals surface area contributed by atoms with Crippen LogP contribution < -0.4 is 5.56 Å². The van der Waals surface area contributed by atoms with Crippen LogP contribution in [0.15, 0.2) is 77.0 Å². The molecule has 1 amide bonds. The van der Waals surface area contributed by atoms with Crippen LogP contribution in [0.1, 0.15) is 0 Å². The second-order valence-corrected chi connectivity index (χ2v) is 7.53. The lowest BCUT2D eigenvalue weighted by molar-refractivity contribution is -0.127. The summed E-state index contributed by atoms with van der Waals surface area (Å²) in [5.74, 6) is 0.121. The summed E-state index contributed by atoms with van der Waals surface area (Å²) in [7, 11) is 0. The Labute approximate surface area is 165 Å². The molecule has 2 aromatic heterocycles. The number of hydrogen-bond donors (Lipinski definition) is 0. The number of para-hydroxylation sites is 1. The van der Waals surface area contributed by atoms with E-state index in [0.29, 0.717) is 28.5 Å². The Kier molecular flexibility index (Phi) is 6.26. The number of benzene rings is 1. The van der Waals surface area contributed by atoms with Crippen LogP contribution in [0.2, 0.25) is 0 Å². The van der Waals surface area contributed by atoms with E-state index in [1.54, 1.807) is 21.6 Å². The predicted octanol–water partition coefficient (Wildman–Crippen LogP) is 3.74. The van der Waals surface area contributed by atoms with E-state index < -0.39 is 0 Å². The number of carbonyl (C=O) groups is 1. The number of rotatable bonds is 8. The monoisotopic (exact) mass is 397 g/mol. The molecule has 0 saturated carbocycles. The van der Waals surface area contributed by atoms with Gasteiger partial charge in [0.2, 0.25) is 5.91 Å². The number of hydrogen-bond acceptors (Lipinski definition) is 5. The number of carbonyl (C=O) groups excluding carboxylic acids is 1. The van der Waals surface area contributed by atoms with Gasteiger partial charge in [-0.1, -0.05) is 42.1 Å². The third-order valence-corrected chi connectivity index (χ3v) is 5.65. The molecule has 0 N–H and O–H groups in total. The van der Waals surface area contributed by atoms with Crippen molar-refractivity contribution in [3.05, 3.63) is 77.4 Å². The van der Waals surface area contributed by atoms with E-state index in [2.05, 4.69) is 18.1 Å². The first-order chi connectivity index (χ1) is 13.2. The van der Waals surface area contributed by atoms with Gasteiger partial charge in [-0.05, 0) is 23.6 Å². The van der Waals surface area contributed by atoms with Crippen LogP contribution in [0.3, 0.4) is 0 Å². The Morgan fingerprint density at radius 3 is 2.56 bits per heavy atom. The molecule has 0 unspecified atom stereocenters. The van der Waals surface area contributed by atoms with Crippen molar-refractivity contribution in [3.8, 4) is 5.69 Å². The first-order valence-electron chi connectivity index (χ1n) is 8.33. The Morgan fingerprint density at radius 2 is 1.89 bits per heavy atom. The lowest BCUT2D eigenvalue weighted by atomic mass is 10.3. The molecule has 0 radical (unpaired) electrons. The normalized spacial score (nSPS) is 10.7. The molecule has 0 spiro atoms. The van der Waals surface area contributed by atoms with Gasteiger partial charge in [0.15, 0.2) is 5.16 Å². The summed E-state index contributed by atoms with van der Waals surface area (Å²) in [5, 5.41) is 2.35. The topological polar surface area (TPSA) is 55.2 Å². The van der Waals surface area contributed by atoms with Gasteiger partial charge in [-0.25, -0.2) is 4.98 Å². The van der Waals surface area contributed by atoms with Crippen molar-refractivity contribution in [2.75, 3.05) is 18.8 Å². The SMILES string of the molecule is C=CCN(CC=C)C(=O)CSc1nc2ccsc2c(=O)n1-c1ccccc1. The number of nitrogens with zero attached hydrogens (tertiary/aromatic N) is 3. The van der Waals surface area contributed by atoms with E-state index in [0.717, 1.165) is 5.69 Å². The summed E-state index contributed by atoms with van der Waals surface area (Å²) >= 11 is 2.63. The quantitative estimate of drug-likeness (QED) is 0.330. The highest BCUT2D eigenvalue weighted by atomic mass is 32.2. The molecule has 7 heteroatoms. The van der Waals surface area contributed by atoms with Crippen LogP contribution in [0.5, 0.6) is 0 Å². The molecule has 0 fully saturated rings. The molecule has 138 valence electrons. The van der Waals surface area contributed by atoms with Crippen molar-refractivity contribution in [2.45, 2.75) is 5.16 Å². The largest absolute Gasteiger partial charge is 0.335 e. The number of fused-ring (bicyclic) bond motifs is 1. The summed E-state index contributed by atoms with van der Waals surface area (Å²) in [6, 6.07) is 11.2. The highest BCUT2D eigenvalue weighted by Gasteiger charge is 2.17. The number of thiophene rings is 1. The highest BCUT2D eigenvalue weighted by molar-refractivity contribution is 7.99. The van der Waals surface area contributed by atoms with Crippen LogP contribution in [-0.2, 0) is 4.79 Å². The van der Waals surface area contributed by atoms with Crippen LogP contribution in [0.25, 0.3) is 15.9 Å². The Balaban J connectivity index is 1.96. The first-order valence-corrected chi connectivity index (χ1v) is 10.2. The van der Waals surface area contributed by atoms with E-state index in [4.69, 9.17) is 0 Å². The van der Waals surface area contributed by atoms with Gasteiger partial charge in [-0.3, -0.25) is 14.2 Å². The Hall–Kier alpha value is -2.64. The second-order valence-electron chi connectivity index (χ2n) is 5.67. The van der Waals surface area contributed by atoms with Crippen molar-refractivity contribution in [1.29, 1.82) is 0 Å². The van der Waals surface area contributed by atoms with Gasteiger partial charge in [0.25, 0.3) is 5.56 Å². The highest BCUT2D eigenvalue weighted by Crippen LogP contribution is 2.23. The second kappa shape index (κ2) is 8.83. The summed E-state index contributed by atoms with van der Waals surface area (Å²) in [6.07, 6.45) is 3.36. The molecule has 2 heterocycles. The number of amides is 1. The van der Waals surface area contributed by atoms with Crippen LogP contribution in [-0.4, -0.2) is 39.2 Å². The molecular weight excluding hydrogens is 378 g/mol. The molecule has 0 aliphatic rings. The maximum absolute atomic E-state index is 13.0. The van der Waals surface area contributed by atoms with Crippen LogP contribution >= 0.6 is 23.1 Å². The zero-order valence-corrected chi connectivity index (χ0v) is 16.3. The molecule has 0 bridgehead atoms. The molecule has 3 aromatic rings. The van der Waals surface area contributed by atoms with E-state index in [1.165, 1.54) is 23.1 Å². The maximum atomic E-state index is 13.0. The minimum atomic E-state index is -0.120. The zero-order valence-electron chi connectivity index (χ0n) is 14.7. The average Bonchev–Trinajstić information content (AvgIpc) is 3.15. The van der Waals surface area contributed by atoms with E-state index >= 15 is 0 Å². The van der Waals surface area contributed by atoms with Gasteiger partial charge >= 0.3 is 0 Å². The lowest BCUT2D eigenvalue weighted by Gasteiger charge is -2.19. The van der Waals surface area contributed by atoms with Gasteiger partial charge in [-0.2, -0.15) is 0 Å². The molecule has 0 aliphatic carbocycles. The van der Waals surface area contributed by atoms with Crippen LogP contribution in [0, 0.1) is 0 Å². The summed E-state index contributed by atoms with van der Waals surface area (Å²) in [4.78, 5) is 31.8. The molecule has 0 atom stereocenters. The Bertz CT molecular complexity index is 1010. The van der Waals surface area contributed by atoms with Gasteiger partial charge in [0.05, 0.1) is 17.0 Å². The van der Waals surface area contributed by atoms with Crippen LogP contribution in [0.4, 0.5) is 0 Å². The third-order valence-electron chi connectivity index (χ3n) is 3.84. The van der Waals surface area contributed by atoms with Crippen molar-refractivity contribution in [2.24, 2.45) is 0 Å². The van der Waals surface area contributed by atoms with Gasteiger partial charge in [-0.15, -0.1) is 24.5 Å². The van der Waals surface area contributed by atoms with Gasteiger partial charge in [0.1, 0.15) is 4.70 Å². The minimum absolute atomic E-state index is 0.0564. The molecule has 27 heavy (non-hydrogen) atoms. The maximum Gasteiger partial charge on any atom is 0.276 e. The van der Waals surface area contributed by atoms with Gasteiger partial charge < -0.3 is 4.90 Å². The fourth-order valence-electron chi connectivity index (χ4n) is 2.60. The van der Waals surface area contributed by atoms with E-state index in [1.807, 2.05) is 41.8 Å². The number of aromatic nitrogens is 2. The summed E-state index contributed by atoms with van der Waals surface area (Å²) in [5.41, 5.74) is 1.26. The standard InChI is InChI=1S/C20H19N3O2S2/c1-3-11-22(12-4-2)17(24)14-27-20-21-16-10-13-26-18(16)19(25)23(20)15-8-6-5-7-9-15/h3-10,13H,1-2,11-12,14H2. The minimum Gasteiger partial charge on any atom is -0.335 e. The third kappa shape index (κ3) is 4.20. The van der Waals surface area contributed by atoms with Crippen molar-refractivity contribution < 1.29 is 4.79 Å². The summed E-state index contributed by atoms with van der Waals surface area (Å²) in [6.45, 7) is 8.28. The van der Waals surface area contributed by atoms with Crippen molar-refractivity contribution in [1.82, 2.24) is 14.5 Å². The molecule has 1 aromatic carbocycles. The van der Waals surface area contributed by atoms with Gasteiger partial charge in [0, 0.05) is 13.1 Å². The lowest BCUT2D eigenvalue weighted by Crippen LogP contribution is -2.33.